The quantitative estimate of drug-likeness (QED) is 0.249. The van der Waals surface area contributed by atoms with Crippen LogP contribution in [0, 0.1) is 0 Å². The van der Waals surface area contributed by atoms with Gasteiger partial charge in [-0.2, -0.15) is 0 Å². The second kappa shape index (κ2) is 14.4. The fraction of sp³-hybridized carbons (Fsp3) is 0.400. The lowest BCUT2D eigenvalue weighted by Crippen LogP contribution is -2.25. The van der Waals surface area contributed by atoms with Crippen LogP contribution in [0.1, 0.15) is 49.3 Å². The Morgan fingerprint density at radius 3 is 2.17 bits per heavy atom. The van der Waals surface area contributed by atoms with Gasteiger partial charge in [0, 0.05) is 11.1 Å². The standard InChI is InChI=1S/C30H35BrO5/c31-25-14-18-28(19-15-25)35-22-26(32)21-34-27-16-12-24(13-17-27)29(36-30-11-4-5-20-33-30)10-6-9-23-7-2-1-3-8-23/h1-3,7-8,12-19,26,29-30,32H,4-6,9-11,20-22H2. The van der Waals surface area contributed by atoms with Gasteiger partial charge in [0.25, 0.3) is 0 Å². The average molecular weight is 556 g/mol. The Hall–Kier alpha value is -2.38. The van der Waals surface area contributed by atoms with Crippen LogP contribution in [0.25, 0.3) is 0 Å². The first kappa shape index (κ1) is 26.7. The lowest BCUT2D eigenvalue weighted by Gasteiger charge is -2.28. The molecule has 3 aromatic carbocycles. The minimum atomic E-state index is -0.731. The summed E-state index contributed by atoms with van der Waals surface area (Å²) in [6.07, 6.45) is 5.25. The molecule has 0 amide bonds. The van der Waals surface area contributed by atoms with Crippen LogP contribution in [0.15, 0.2) is 83.3 Å². The van der Waals surface area contributed by atoms with Crippen LogP contribution in [0.4, 0.5) is 0 Å². The normalized spacial score (nSPS) is 17.3. The molecular formula is C30H35BrO5. The Labute approximate surface area is 222 Å². The number of rotatable bonds is 13. The molecule has 0 saturated carbocycles. The zero-order valence-electron chi connectivity index (χ0n) is 20.6. The summed E-state index contributed by atoms with van der Waals surface area (Å²) in [7, 11) is 0. The second-order valence-corrected chi connectivity index (χ2v) is 10.0. The van der Waals surface area contributed by atoms with Crippen LogP contribution >= 0.6 is 15.9 Å². The van der Waals surface area contributed by atoms with Crippen molar-refractivity contribution in [1.82, 2.24) is 0 Å². The third-order valence-electron chi connectivity index (χ3n) is 6.18. The molecular weight excluding hydrogens is 520 g/mol. The monoisotopic (exact) mass is 554 g/mol. The van der Waals surface area contributed by atoms with E-state index in [0.717, 1.165) is 55.2 Å². The van der Waals surface area contributed by atoms with E-state index >= 15 is 0 Å². The van der Waals surface area contributed by atoms with Crippen LogP contribution in [0.2, 0.25) is 0 Å². The molecule has 3 unspecified atom stereocenters. The summed E-state index contributed by atoms with van der Waals surface area (Å²) in [6, 6.07) is 26.1. The molecule has 1 heterocycles. The third kappa shape index (κ3) is 8.93. The molecule has 1 fully saturated rings. The molecule has 1 N–H and O–H groups in total. The van der Waals surface area contributed by atoms with E-state index in [4.69, 9.17) is 18.9 Å². The first-order valence-electron chi connectivity index (χ1n) is 12.8. The molecule has 0 bridgehead atoms. The van der Waals surface area contributed by atoms with Crippen LogP contribution in [-0.4, -0.2) is 37.3 Å². The summed E-state index contributed by atoms with van der Waals surface area (Å²) < 4.78 is 24.7. The summed E-state index contributed by atoms with van der Waals surface area (Å²) in [5.74, 6) is 1.42. The Kier molecular flexibility index (Phi) is 10.7. The molecule has 192 valence electrons. The molecule has 4 rings (SSSR count). The topological polar surface area (TPSA) is 57.2 Å². The fourth-order valence-electron chi connectivity index (χ4n) is 4.19. The van der Waals surface area contributed by atoms with Crippen LogP contribution in [0.5, 0.6) is 11.5 Å². The van der Waals surface area contributed by atoms with Crippen molar-refractivity contribution < 1.29 is 24.1 Å². The highest BCUT2D eigenvalue weighted by molar-refractivity contribution is 9.10. The average Bonchev–Trinajstić information content (AvgIpc) is 2.92. The lowest BCUT2D eigenvalue weighted by molar-refractivity contribution is -0.191. The third-order valence-corrected chi connectivity index (χ3v) is 6.71. The molecule has 1 saturated heterocycles. The van der Waals surface area contributed by atoms with Gasteiger partial charge in [-0.15, -0.1) is 0 Å². The number of aryl methyl sites for hydroxylation is 1. The van der Waals surface area contributed by atoms with Gasteiger partial charge in [-0.05, 0) is 86.1 Å². The first-order valence-corrected chi connectivity index (χ1v) is 13.6. The van der Waals surface area contributed by atoms with E-state index in [0.29, 0.717) is 11.5 Å². The highest BCUT2D eigenvalue weighted by Crippen LogP contribution is 2.29. The van der Waals surface area contributed by atoms with E-state index in [1.165, 1.54) is 5.56 Å². The van der Waals surface area contributed by atoms with Gasteiger partial charge in [0.05, 0.1) is 6.10 Å². The van der Waals surface area contributed by atoms with Gasteiger partial charge in [-0.3, -0.25) is 0 Å². The zero-order valence-corrected chi connectivity index (χ0v) is 22.1. The molecule has 0 aromatic heterocycles. The van der Waals surface area contributed by atoms with Crippen molar-refractivity contribution in [3.63, 3.8) is 0 Å². The van der Waals surface area contributed by atoms with E-state index in [-0.39, 0.29) is 25.6 Å². The minimum Gasteiger partial charge on any atom is -0.491 e. The Bertz CT molecular complexity index is 1000. The predicted molar refractivity (Wildman–Crippen MR) is 144 cm³/mol. The smallest absolute Gasteiger partial charge is 0.158 e. The number of aliphatic hydroxyl groups is 1. The van der Waals surface area contributed by atoms with E-state index in [1.807, 2.05) is 42.5 Å². The van der Waals surface area contributed by atoms with Crippen molar-refractivity contribution in [2.24, 2.45) is 0 Å². The highest BCUT2D eigenvalue weighted by Gasteiger charge is 2.21. The SMILES string of the molecule is OC(COc1ccc(Br)cc1)COc1ccc(C(CCCc2ccccc2)OC2CCCCO2)cc1. The maximum atomic E-state index is 10.2. The fourth-order valence-corrected chi connectivity index (χ4v) is 4.46. The number of hydrogen-bond acceptors (Lipinski definition) is 5. The molecule has 3 atom stereocenters. The number of benzene rings is 3. The number of aliphatic hydroxyl groups excluding tert-OH is 1. The van der Waals surface area contributed by atoms with E-state index < -0.39 is 6.10 Å². The van der Waals surface area contributed by atoms with Crippen molar-refractivity contribution in [1.29, 1.82) is 0 Å². The summed E-state index contributed by atoms with van der Waals surface area (Å²) in [4.78, 5) is 0. The highest BCUT2D eigenvalue weighted by atomic mass is 79.9. The molecule has 1 aliphatic heterocycles. The predicted octanol–water partition coefficient (Wildman–Crippen LogP) is 6.88. The van der Waals surface area contributed by atoms with E-state index in [9.17, 15) is 5.11 Å². The molecule has 0 aliphatic carbocycles. The van der Waals surface area contributed by atoms with Crippen molar-refractivity contribution in [2.75, 3.05) is 19.8 Å². The largest absolute Gasteiger partial charge is 0.491 e. The van der Waals surface area contributed by atoms with Gasteiger partial charge in [-0.25, -0.2) is 0 Å². The van der Waals surface area contributed by atoms with Crippen molar-refractivity contribution in [3.05, 3.63) is 94.5 Å². The minimum absolute atomic E-state index is 0.0317. The van der Waals surface area contributed by atoms with E-state index in [1.54, 1.807) is 0 Å². The summed E-state index contributed by atoms with van der Waals surface area (Å²) in [5.41, 5.74) is 2.46. The van der Waals surface area contributed by atoms with Gasteiger partial charge in [-0.1, -0.05) is 58.4 Å². The Morgan fingerprint density at radius 2 is 1.53 bits per heavy atom. The van der Waals surface area contributed by atoms with E-state index in [2.05, 4.69) is 52.3 Å². The molecule has 3 aromatic rings. The molecule has 36 heavy (non-hydrogen) atoms. The Balaban J connectivity index is 1.28. The maximum Gasteiger partial charge on any atom is 0.158 e. The molecule has 0 spiro atoms. The van der Waals surface area contributed by atoms with Gasteiger partial charge in [0.2, 0.25) is 0 Å². The zero-order chi connectivity index (χ0) is 25.0. The summed E-state index contributed by atoms with van der Waals surface area (Å²) in [5, 5.41) is 10.2. The number of halogens is 1. The number of hydrogen-bond donors (Lipinski definition) is 1. The van der Waals surface area contributed by atoms with Crippen LogP contribution in [0.3, 0.4) is 0 Å². The van der Waals surface area contributed by atoms with Crippen molar-refractivity contribution >= 4 is 15.9 Å². The second-order valence-electron chi connectivity index (χ2n) is 9.10. The summed E-state index contributed by atoms with van der Waals surface area (Å²) in [6.45, 7) is 1.09. The number of ether oxygens (including phenoxy) is 4. The molecule has 6 heteroatoms. The molecule has 0 radical (unpaired) electrons. The van der Waals surface area contributed by atoms with Crippen LogP contribution < -0.4 is 9.47 Å². The van der Waals surface area contributed by atoms with Gasteiger partial charge >= 0.3 is 0 Å². The van der Waals surface area contributed by atoms with Crippen molar-refractivity contribution in [2.45, 2.75) is 57.0 Å². The first-order chi connectivity index (χ1) is 17.7. The Morgan fingerprint density at radius 1 is 0.861 bits per heavy atom. The summed E-state index contributed by atoms with van der Waals surface area (Å²) >= 11 is 3.40. The molecule has 5 nitrogen and oxygen atoms in total. The lowest BCUT2D eigenvalue weighted by atomic mass is 10.0. The van der Waals surface area contributed by atoms with Gasteiger partial charge in [0.15, 0.2) is 6.29 Å². The van der Waals surface area contributed by atoms with Crippen LogP contribution in [-0.2, 0) is 15.9 Å². The van der Waals surface area contributed by atoms with Gasteiger partial charge in [0.1, 0.15) is 30.8 Å². The maximum absolute atomic E-state index is 10.2. The van der Waals surface area contributed by atoms with Gasteiger partial charge < -0.3 is 24.1 Å². The molecule has 1 aliphatic rings. The van der Waals surface area contributed by atoms with Crippen molar-refractivity contribution in [3.8, 4) is 11.5 Å².